The topological polar surface area (TPSA) is 97.9 Å². The molecule has 2 atom stereocenters. The summed E-state index contributed by atoms with van der Waals surface area (Å²) in [5.41, 5.74) is 3.99. The molecule has 6 rings (SSSR count). The zero-order chi connectivity index (χ0) is 33.0. The lowest BCUT2D eigenvalue weighted by molar-refractivity contribution is 0.0655. The number of sulfone groups is 1. The number of nitrogens with zero attached hydrogens (tertiary/aromatic N) is 4. The van der Waals surface area contributed by atoms with E-state index in [-0.39, 0.29) is 25.2 Å². The Labute approximate surface area is 283 Å². The first-order valence-electron chi connectivity index (χ1n) is 17.2. The highest BCUT2D eigenvalue weighted by Crippen LogP contribution is 2.47. The number of pyridine rings is 1. The van der Waals surface area contributed by atoms with Gasteiger partial charge in [0.05, 0.1) is 9.79 Å². The van der Waals surface area contributed by atoms with Gasteiger partial charge in [-0.3, -0.25) is 4.98 Å². The van der Waals surface area contributed by atoms with Crippen LogP contribution in [0.4, 0.5) is 10.5 Å². The number of aromatic nitrogens is 1. The fourth-order valence-electron chi connectivity index (χ4n) is 8.44. The fraction of sp³-hybridized carbons (Fsp3) is 0.514. The Morgan fingerprint density at radius 1 is 1.02 bits per heavy atom. The molecule has 3 aliphatic heterocycles. The molecule has 1 aromatic heterocycles. The number of anilines is 1. The summed E-state index contributed by atoms with van der Waals surface area (Å²) >= 11 is 0. The van der Waals surface area contributed by atoms with Crippen LogP contribution >= 0.6 is 0 Å². The number of fused-ring (bicyclic) bond motifs is 1. The molecular formula is C37H54N6O3S. The Hall–Kier alpha value is -3.47. The molecule has 2 fully saturated rings. The Balaban J connectivity index is 0.00000270. The average Bonchev–Trinajstić information content (AvgIpc) is 3.07. The number of benzene rings is 2. The standard InChI is InChI=1S/C37H50N6O3S.2H2/c1-4-7-31(40-36(44)38-2)22-37(27-41(3)26-29-8-5-6-9-35(29)37)30-16-20-42(21-17-30)23-28-24-43(25-28)32-10-12-33(13-11-32)47(45,46)34-14-18-39-19-15-34;;/h5-6,8-15,18-19,28,30-31H,4,7,16-17,20-27H2,1-3H3,(H2,38,40,44);2*1H/t31-,37?;;/m0../s1. The molecule has 4 heterocycles. The van der Waals surface area contributed by atoms with Crippen LogP contribution in [-0.2, 0) is 21.8 Å². The third kappa shape index (κ3) is 7.20. The number of piperidine rings is 1. The number of carbonyl (C=O) groups is 1. The predicted molar refractivity (Wildman–Crippen MR) is 191 cm³/mol. The smallest absolute Gasteiger partial charge is 0.314 e. The molecule has 9 nitrogen and oxygen atoms in total. The van der Waals surface area contributed by atoms with Gasteiger partial charge in [-0.15, -0.1) is 0 Å². The first kappa shape index (κ1) is 33.4. The van der Waals surface area contributed by atoms with Gasteiger partial charge in [0, 0.05) is 78.1 Å². The molecule has 0 radical (unpaired) electrons. The van der Waals surface area contributed by atoms with Crippen molar-refractivity contribution in [3.8, 4) is 0 Å². The zero-order valence-electron chi connectivity index (χ0n) is 28.1. The minimum Gasteiger partial charge on any atom is -0.371 e. The first-order valence-corrected chi connectivity index (χ1v) is 18.7. The van der Waals surface area contributed by atoms with Crippen molar-refractivity contribution in [3.63, 3.8) is 0 Å². The van der Waals surface area contributed by atoms with Gasteiger partial charge in [0.1, 0.15) is 0 Å². The van der Waals surface area contributed by atoms with E-state index in [4.69, 9.17) is 0 Å². The largest absolute Gasteiger partial charge is 0.371 e. The highest BCUT2D eigenvalue weighted by Gasteiger charge is 2.47. The zero-order valence-corrected chi connectivity index (χ0v) is 28.9. The first-order chi connectivity index (χ1) is 22.7. The maximum absolute atomic E-state index is 13.0. The van der Waals surface area contributed by atoms with E-state index < -0.39 is 9.84 Å². The van der Waals surface area contributed by atoms with Crippen molar-refractivity contribution in [3.05, 3.63) is 84.2 Å². The molecule has 2 N–H and O–H groups in total. The molecule has 0 spiro atoms. The maximum atomic E-state index is 13.0. The quantitative estimate of drug-likeness (QED) is 0.283. The molecule has 0 saturated carbocycles. The second-order valence-corrected chi connectivity index (χ2v) is 15.9. The Kier molecular flexibility index (Phi) is 10.2. The van der Waals surface area contributed by atoms with Gasteiger partial charge >= 0.3 is 6.03 Å². The van der Waals surface area contributed by atoms with Gasteiger partial charge in [0.15, 0.2) is 0 Å². The number of rotatable bonds is 11. The summed E-state index contributed by atoms with van der Waals surface area (Å²) < 4.78 is 25.9. The van der Waals surface area contributed by atoms with Gasteiger partial charge in [0.25, 0.3) is 0 Å². The van der Waals surface area contributed by atoms with Crippen molar-refractivity contribution >= 4 is 21.6 Å². The molecule has 3 aromatic rings. The van der Waals surface area contributed by atoms with Crippen molar-refractivity contribution in [2.75, 3.05) is 58.3 Å². The molecule has 47 heavy (non-hydrogen) atoms. The lowest BCUT2D eigenvalue weighted by Gasteiger charge is -2.52. The van der Waals surface area contributed by atoms with Gasteiger partial charge < -0.3 is 25.3 Å². The van der Waals surface area contributed by atoms with Crippen LogP contribution < -0.4 is 15.5 Å². The predicted octanol–water partition coefficient (Wildman–Crippen LogP) is 5.43. The lowest BCUT2D eigenvalue weighted by atomic mass is 9.60. The van der Waals surface area contributed by atoms with Crippen LogP contribution in [0.2, 0.25) is 0 Å². The summed E-state index contributed by atoms with van der Waals surface area (Å²) in [6.07, 6.45) is 8.29. The molecule has 256 valence electrons. The van der Waals surface area contributed by atoms with E-state index in [1.54, 1.807) is 19.2 Å². The van der Waals surface area contributed by atoms with E-state index in [1.165, 1.54) is 35.7 Å². The second kappa shape index (κ2) is 14.3. The molecule has 2 amide bonds. The maximum Gasteiger partial charge on any atom is 0.314 e. The molecule has 10 heteroatoms. The highest BCUT2D eigenvalue weighted by molar-refractivity contribution is 7.91. The number of amides is 2. The van der Waals surface area contributed by atoms with Crippen LogP contribution in [0.25, 0.3) is 0 Å². The number of urea groups is 1. The van der Waals surface area contributed by atoms with Gasteiger partial charge in [-0.05, 0) is 99.3 Å². The minimum absolute atomic E-state index is 0. The fourth-order valence-corrected chi connectivity index (χ4v) is 9.68. The van der Waals surface area contributed by atoms with Crippen LogP contribution in [0, 0.1) is 11.8 Å². The van der Waals surface area contributed by atoms with E-state index in [1.807, 2.05) is 12.1 Å². The summed E-state index contributed by atoms with van der Waals surface area (Å²) in [6.45, 7) is 9.46. The molecule has 2 aromatic carbocycles. The summed E-state index contributed by atoms with van der Waals surface area (Å²) in [4.78, 5) is 24.5. The SMILES string of the molecule is CCC[C@@H](CC1(C2CCN(CC3CN(c4ccc(S(=O)(=O)c5ccncc5)cc4)C3)CC2)CN(C)Cc2ccccc21)NC(=O)NC.[HH].[HH]. The summed E-state index contributed by atoms with van der Waals surface area (Å²) in [6, 6.07) is 19.4. The van der Waals surface area contributed by atoms with Crippen molar-refractivity contribution in [1.29, 1.82) is 0 Å². The molecule has 1 unspecified atom stereocenters. The summed E-state index contributed by atoms with van der Waals surface area (Å²) in [5, 5.41) is 6.07. The van der Waals surface area contributed by atoms with Gasteiger partial charge in [-0.25, -0.2) is 13.2 Å². The molecule has 3 aliphatic rings. The van der Waals surface area contributed by atoms with Crippen molar-refractivity contribution in [2.24, 2.45) is 11.8 Å². The third-order valence-corrected chi connectivity index (χ3v) is 12.5. The number of likely N-dealkylation sites (tertiary alicyclic amines) is 1. The van der Waals surface area contributed by atoms with Crippen LogP contribution in [0.15, 0.2) is 82.8 Å². The summed E-state index contributed by atoms with van der Waals surface area (Å²) in [5.74, 6) is 1.15. The molecule has 2 saturated heterocycles. The highest BCUT2D eigenvalue weighted by atomic mass is 32.2. The third-order valence-electron chi connectivity index (χ3n) is 10.7. The van der Waals surface area contributed by atoms with Crippen molar-refractivity contribution in [2.45, 2.75) is 66.8 Å². The van der Waals surface area contributed by atoms with Gasteiger partial charge in [-0.1, -0.05) is 37.6 Å². The van der Waals surface area contributed by atoms with E-state index >= 15 is 0 Å². The van der Waals surface area contributed by atoms with Gasteiger partial charge in [0.2, 0.25) is 9.84 Å². The average molecular weight is 663 g/mol. The van der Waals surface area contributed by atoms with Crippen LogP contribution in [-0.4, -0.2) is 88.6 Å². The molecule has 0 aliphatic carbocycles. The molecule has 0 bridgehead atoms. The van der Waals surface area contributed by atoms with E-state index in [0.717, 1.165) is 83.6 Å². The Morgan fingerprint density at radius 3 is 2.38 bits per heavy atom. The van der Waals surface area contributed by atoms with E-state index in [9.17, 15) is 13.2 Å². The van der Waals surface area contributed by atoms with E-state index in [2.05, 4.69) is 68.6 Å². The normalized spacial score (nSPS) is 21.9. The number of hydrogen-bond donors (Lipinski definition) is 2. The second-order valence-electron chi connectivity index (χ2n) is 13.9. The lowest BCUT2D eigenvalue weighted by Crippen LogP contribution is -2.56. The van der Waals surface area contributed by atoms with Crippen LogP contribution in [0.1, 0.15) is 53.0 Å². The Morgan fingerprint density at radius 2 is 1.70 bits per heavy atom. The Bertz CT molecular complexity index is 1620. The van der Waals surface area contributed by atoms with Crippen molar-refractivity contribution < 1.29 is 16.1 Å². The van der Waals surface area contributed by atoms with E-state index in [0.29, 0.717) is 16.7 Å². The monoisotopic (exact) mass is 662 g/mol. The minimum atomic E-state index is -3.54. The number of carbonyl (C=O) groups excluding carboxylic acids is 1. The van der Waals surface area contributed by atoms with Crippen molar-refractivity contribution in [1.82, 2.24) is 25.4 Å². The summed E-state index contributed by atoms with van der Waals surface area (Å²) in [7, 11) is 0.401. The van der Waals surface area contributed by atoms with Crippen LogP contribution in [0.3, 0.4) is 0 Å². The number of nitrogens with one attached hydrogen (secondary N) is 2. The number of likely N-dealkylation sites (N-methyl/N-ethyl adjacent to an activating group) is 1. The van der Waals surface area contributed by atoms with Gasteiger partial charge in [-0.2, -0.15) is 0 Å². The van der Waals surface area contributed by atoms with Crippen LogP contribution in [0.5, 0.6) is 0 Å². The molecular weight excluding hydrogens is 609 g/mol. The number of hydrogen-bond acceptors (Lipinski definition) is 7.